The predicted molar refractivity (Wildman–Crippen MR) is 79.6 cm³/mol. The highest BCUT2D eigenvalue weighted by atomic mass is 16.6. The van der Waals surface area contributed by atoms with Crippen LogP contribution in [0.15, 0.2) is 18.2 Å². The minimum atomic E-state index is -1.05. The minimum Gasteiger partial charge on any atom is -0.459 e. The maximum atomic E-state index is 12.1. The lowest BCUT2D eigenvalue weighted by Gasteiger charge is -2.30. The van der Waals surface area contributed by atoms with Gasteiger partial charge in [-0.1, -0.05) is 19.3 Å². The number of esters is 1. The van der Waals surface area contributed by atoms with E-state index in [1.165, 1.54) is 6.07 Å². The van der Waals surface area contributed by atoms with Crippen molar-refractivity contribution in [2.75, 3.05) is 0 Å². The first kappa shape index (κ1) is 16.8. The number of hydrogen-bond acceptors (Lipinski definition) is 7. The predicted octanol–water partition coefficient (Wildman–Crippen LogP) is 2.21. The van der Waals surface area contributed by atoms with E-state index in [4.69, 9.17) is 10.5 Å². The molecule has 0 heterocycles. The number of nitro groups is 2. The molecular formula is C14H17N3O6. The van der Waals surface area contributed by atoms with Crippen LogP contribution < -0.4 is 5.73 Å². The monoisotopic (exact) mass is 323 g/mol. The molecule has 0 unspecified atom stereocenters. The van der Waals surface area contributed by atoms with Gasteiger partial charge in [-0.3, -0.25) is 25.0 Å². The molecular weight excluding hydrogens is 306 g/mol. The minimum absolute atomic E-state index is 0.0911. The number of nitrogens with two attached hydrogens (primary N) is 1. The summed E-state index contributed by atoms with van der Waals surface area (Å²) in [7, 11) is 0. The van der Waals surface area contributed by atoms with E-state index >= 15 is 0 Å². The maximum Gasteiger partial charge on any atom is 0.326 e. The van der Waals surface area contributed by atoms with Gasteiger partial charge in [0.15, 0.2) is 0 Å². The SMILES string of the molecule is NC1(C(=O)OCc2ccc([N+](=O)[O-])cc2[N+](=O)[O-])CCCCC1. The highest BCUT2D eigenvalue weighted by molar-refractivity contribution is 5.80. The average Bonchev–Trinajstić information content (AvgIpc) is 2.52. The van der Waals surface area contributed by atoms with Gasteiger partial charge in [-0.15, -0.1) is 0 Å². The number of hydrogen-bond donors (Lipinski definition) is 1. The first-order valence-corrected chi connectivity index (χ1v) is 7.21. The van der Waals surface area contributed by atoms with Crippen molar-refractivity contribution in [3.8, 4) is 0 Å². The molecule has 124 valence electrons. The van der Waals surface area contributed by atoms with Crippen molar-refractivity contribution < 1.29 is 19.4 Å². The summed E-state index contributed by atoms with van der Waals surface area (Å²) < 4.78 is 5.12. The van der Waals surface area contributed by atoms with Crippen LogP contribution >= 0.6 is 0 Å². The van der Waals surface area contributed by atoms with E-state index in [0.717, 1.165) is 31.4 Å². The van der Waals surface area contributed by atoms with Crippen LogP contribution in [0.4, 0.5) is 11.4 Å². The van der Waals surface area contributed by atoms with E-state index in [1.807, 2.05) is 0 Å². The number of non-ortho nitro benzene ring substituents is 1. The van der Waals surface area contributed by atoms with Gasteiger partial charge < -0.3 is 10.5 Å². The van der Waals surface area contributed by atoms with Crippen LogP contribution in [-0.4, -0.2) is 21.4 Å². The number of nitro benzene ring substituents is 2. The Bertz CT molecular complexity index is 639. The molecule has 9 heteroatoms. The molecule has 1 aliphatic rings. The summed E-state index contributed by atoms with van der Waals surface area (Å²) in [5, 5.41) is 21.7. The fourth-order valence-electron chi connectivity index (χ4n) is 2.63. The zero-order chi connectivity index (χ0) is 17.0. The average molecular weight is 323 g/mol. The molecule has 0 atom stereocenters. The molecule has 0 aliphatic heterocycles. The van der Waals surface area contributed by atoms with E-state index in [0.29, 0.717) is 12.8 Å². The lowest BCUT2D eigenvalue weighted by molar-refractivity contribution is -0.394. The molecule has 2 N–H and O–H groups in total. The molecule has 0 bridgehead atoms. The Labute approximate surface area is 131 Å². The summed E-state index contributed by atoms with van der Waals surface area (Å²) in [6.45, 7) is -0.341. The largest absolute Gasteiger partial charge is 0.459 e. The molecule has 0 aromatic heterocycles. The maximum absolute atomic E-state index is 12.1. The number of benzene rings is 1. The van der Waals surface area contributed by atoms with Gasteiger partial charge in [0.1, 0.15) is 12.1 Å². The van der Waals surface area contributed by atoms with Crippen LogP contribution in [-0.2, 0) is 16.1 Å². The van der Waals surface area contributed by atoms with Crippen molar-refractivity contribution in [3.63, 3.8) is 0 Å². The Morgan fingerprint density at radius 1 is 1.17 bits per heavy atom. The molecule has 0 saturated heterocycles. The van der Waals surface area contributed by atoms with Gasteiger partial charge in [-0.2, -0.15) is 0 Å². The van der Waals surface area contributed by atoms with Gasteiger partial charge in [-0.05, 0) is 18.9 Å². The second-order valence-corrected chi connectivity index (χ2v) is 5.62. The number of carbonyl (C=O) groups excluding carboxylic acids is 1. The zero-order valence-corrected chi connectivity index (χ0v) is 12.4. The summed E-state index contributed by atoms with van der Waals surface area (Å²) >= 11 is 0. The zero-order valence-electron chi connectivity index (χ0n) is 12.4. The van der Waals surface area contributed by atoms with Gasteiger partial charge in [0.2, 0.25) is 0 Å². The molecule has 2 rings (SSSR count). The van der Waals surface area contributed by atoms with Gasteiger partial charge in [0.25, 0.3) is 11.4 Å². The quantitative estimate of drug-likeness (QED) is 0.497. The van der Waals surface area contributed by atoms with Crippen molar-refractivity contribution in [3.05, 3.63) is 44.0 Å². The smallest absolute Gasteiger partial charge is 0.326 e. The number of rotatable bonds is 5. The van der Waals surface area contributed by atoms with Crippen LogP contribution in [0.3, 0.4) is 0 Å². The standard InChI is InChI=1S/C14H17N3O6/c15-14(6-2-1-3-7-14)13(18)23-9-10-4-5-11(16(19)20)8-12(10)17(21)22/h4-5,8H,1-3,6-7,9,15H2. The molecule has 0 amide bonds. The summed E-state index contributed by atoms with van der Waals surface area (Å²) in [6.07, 6.45) is 3.73. The number of carbonyl (C=O) groups is 1. The highest BCUT2D eigenvalue weighted by Crippen LogP contribution is 2.29. The van der Waals surface area contributed by atoms with E-state index in [2.05, 4.69) is 0 Å². The highest BCUT2D eigenvalue weighted by Gasteiger charge is 2.37. The number of nitrogens with zero attached hydrogens (tertiary/aromatic N) is 2. The summed E-state index contributed by atoms with van der Waals surface area (Å²) in [6, 6.07) is 3.20. The van der Waals surface area contributed by atoms with E-state index < -0.39 is 32.7 Å². The Kier molecular flexibility index (Phi) is 4.89. The Morgan fingerprint density at radius 3 is 2.39 bits per heavy atom. The van der Waals surface area contributed by atoms with Crippen LogP contribution in [0.2, 0.25) is 0 Å². The molecule has 0 radical (unpaired) electrons. The molecule has 0 spiro atoms. The summed E-state index contributed by atoms with van der Waals surface area (Å²) in [4.78, 5) is 32.4. The normalized spacial score (nSPS) is 16.6. The van der Waals surface area contributed by atoms with Crippen molar-refractivity contribution in [2.24, 2.45) is 5.73 Å². The molecule has 1 aromatic rings. The first-order valence-electron chi connectivity index (χ1n) is 7.21. The topological polar surface area (TPSA) is 139 Å². The van der Waals surface area contributed by atoms with Crippen molar-refractivity contribution in [2.45, 2.75) is 44.2 Å². The Morgan fingerprint density at radius 2 is 1.83 bits per heavy atom. The molecule has 1 aliphatic carbocycles. The van der Waals surface area contributed by atoms with Gasteiger partial charge in [0, 0.05) is 6.07 Å². The lowest BCUT2D eigenvalue weighted by atomic mass is 9.83. The van der Waals surface area contributed by atoms with Crippen LogP contribution in [0, 0.1) is 20.2 Å². The Hall–Kier alpha value is -2.55. The van der Waals surface area contributed by atoms with Gasteiger partial charge in [0.05, 0.1) is 21.5 Å². The third-order valence-corrected chi connectivity index (χ3v) is 3.99. The second-order valence-electron chi connectivity index (χ2n) is 5.62. The van der Waals surface area contributed by atoms with Crippen molar-refractivity contribution >= 4 is 17.3 Å². The van der Waals surface area contributed by atoms with Crippen LogP contribution in [0.25, 0.3) is 0 Å². The van der Waals surface area contributed by atoms with Gasteiger partial charge in [-0.25, -0.2) is 0 Å². The molecule has 23 heavy (non-hydrogen) atoms. The molecule has 1 fully saturated rings. The second kappa shape index (κ2) is 6.69. The fourth-order valence-corrected chi connectivity index (χ4v) is 2.63. The van der Waals surface area contributed by atoms with E-state index in [-0.39, 0.29) is 12.2 Å². The fraction of sp³-hybridized carbons (Fsp3) is 0.500. The number of ether oxygens (including phenoxy) is 1. The molecule has 9 nitrogen and oxygen atoms in total. The summed E-state index contributed by atoms with van der Waals surface area (Å²) in [5.74, 6) is -0.593. The van der Waals surface area contributed by atoms with Crippen molar-refractivity contribution in [1.82, 2.24) is 0 Å². The lowest BCUT2D eigenvalue weighted by Crippen LogP contribution is -2.50. The van der Waals surface area contributed by atoms with Crippen molar-refractivity contribution in [1.29, 1.82) is 0 Å². The molecule has 1 saturated carbocycles. The Balaban J connectivity index is 2.12. The summed E-state index contributed by atoms with van der Waals surface area (Å²) in [5.41, 5.74) is 4.22. The van der Waals surface area contributed by atoms with E-state index in [9.17, 15) is 25.0 Å². The first-order chi connectivity index (χ1) is 10.8. The third kappa shape index (κ3) is 3.81. The van der Waals surface area contributed by atoms with Gasteiger partial charge >= 0.3 is 5.97 Å². The third-order valence-electron chi connectivity index (χ3n) is 3.99. The molecule has 1 aromatic carbocycles. The van der Waals surface area contributed by atoms with Crippen LogP contribution in [0.1, 0.15) is 37.7 Å². The van der Waals surface area contributed by atoms with Crippen LogP contribution in [0.5, 0.6) is 0 Å². The van der Waals surface area contributed by atoms with E-state index in [1.54, 1.807) is 0 Å².